The van der Waals surface area contributed by atoms with E-state index < -0.39 is 0 Å². The van der Waals surface area contributed by atoms with E-state index in [9.17, 15) is 4.79 Å². The molecule has 1 fully saturated rings. The second-order valence-corrected chi connectivity index (χ2v) is 8.95. The molecule has 3 aromatic carbocycles. The Kier molecular flexibility index (Phi) is 7.73. The fraction of sp³-hybridized carbons (Fsp3) is 0.345. The van der Waals surface area contributed by atoms with Gasteiger partial charge in [-0.2, -0.15) is 0 Å². The largest absolute Gasteiger partial charge is 0.353 e. The summed E-state index contributed by atoms with van der Waals surface area (Å²) in [6.07, 6.45) is 3.64. The number of rotatable bonds is 8. The van der Waals surface area contributed by atoms with Crippen LogP contribution in [0.1, 0.15) is 47.4 Å². The molecule has 3 aromatic rings. The SMILES string of the molecule is Cc1ccccc1CC(=O)NC1CCN(CCC(c2ccccc2)c2ccccc2)CC1. The van der Waals surface area contributed by atoms with Crippen molar-refractivity contribution in [3.8, 4) is 0 Å². The predicted molar refractivity (Wildman–Crippen MR) is 132 cm³/mol. The highest BCUT2D eigenvalue weighted by Crippen LogP contribution is 2.28. The van der Waals surface area contributed by atoms with Crippen LogP contribution in [0, 0.1) is 6.92 Å². The van der Waals surface area contributed by atoms with Crippen molar-refractivity contribution >= 4 is 5.91 Å². The topological polar surface area (TPSA) is 32.3 Å². The lowest BCUT2D eigenvalue weighted by atomic mass is 9.88. The third-order valence-electron chi connectivity index (χ3n) is 6.70. The maximum absolute atomic E-state index is 12.5. The molecule has 0 aliphatic carbocycles. The van der Waals surface area contributed by atoms with E-state index in [0.29, 0.717) is 18.4 Å². The number of benzene rings is 3. The first kappa shape index (κ1) is 22.3. The van der Waals surface area contributed by atoms with E-state index in [1.54, 1.807) is 0 Å². The molecule has 1 saturated heterocycles. The third-order valence-corrected chi connectivity index (χ3v) is 6.70. The average molecular weight is 427 g/mol. The number of likely N-dealkylation sites (tertiary alicyclic amines) is 1. The van der Waals surface area contributed by atoms with E-state index in [-0.39, 0.29) is 5.91 Å². The standard InChI is InChI=1S/C29H34N2O/c1-23-10-8-9-15-26(23)22-29(32)30-27-16-19-31(20-17-27)21-18-28(24-11-4-2-5-12-24)25-13-6-3-7-14-25/h2-15,27-28H,16-22H2,1H3,(H,30,32). The lowest BCUT2D eigenvalue weighted by molar-refractivity contribution is -0.121. The minimum Gasteiger partial charge on any atom is -0.353 e. The number of hydrogen-bond acceptors (Lipinski definition) is 2. The van der Waals surface area contributed by atoms with Crippen molar-refractivity contribution in [1.82, 2.24) is 10.2 Å². The molecule has 3 heteroatoms. The fourth-order valence-corrected chi connectivity index (χ4v) is 4.77. The van der Waals surface area contributed by atoms with Crippen LogP contribution in [-0.2, 0) is 11.2 Å². The molecule has 0 unspecified atom stereocenters. The summed E-state index contributed by atoms with van der Waals surface area (Å²) in [5.41, 5.74) is 5.08. The summed E-state index contributed by atoms with van der Waals surface area (Å²) < 4.78 is 0. The lowest BCUT2D eigenvalue weighted by Crippen LogP contribution is -2.45. The van der Waals surface area contributed by atoms with Gasteiger partial charge >= 0.3 is 0 Å². The number of nitrogens with one attached hydrogen (secondary N) is 1. The Morgan fingerprint density at radius 2 is 1.44 bits per heavy atom. The van der Waals surface area contributed by atoms with Gasteiger partial charge in [0.05, 0.1) is 6.42 Å². The Labute approximate surface area is 192 Å². The zero-order valence-electron chi connectivity index (χ0n) is 19.0. The average Bonchev–Trinajstić information content (AvgIpc) is 2.83. The first-order valence-electron chi connectivity index (χ1n) is 11.8. The van der Waals surface area contributed by atoms with E-state index in [1.807, 2.05) is 18.2 Å². The van der Waals surface area contributed by atoms with Gasteiger partial charge in [0.1, 0.15) is 0 Å². The Morgan fingerprint density at radius 1 is 0.875 bits per heavy atom. The van der Waals surface area contributed by atoms with Gasteiger partial charge in [-0.3, -0.25) is 4.79 Å². The summed E-state index contributed by atoms with van der Waals surface area (Å²) in [6.45, 7) is 5.24. The van der Waals surface area contributed by atoms with Crippen LogP contribution >= 0.6 is 0 Å². The zero-order chi connectivity index (χ0) is 22.2. The maximum Gasteiger partial charge on any atom is 0.224 e. The molecule has 1 aliphatic rings. The molecular formula is C29H34N2O. The number of aryl methyl sites for hydroxylation is 1. The fourth-order valence-electron chi connectivity index (χ4n) is 4.77. The van der Waals surface area contributed by atoms with Gasteiger partial charge in [-0.05, 0) is 55.0 Å². The second-order valence-electron chi connectivity index (χ2n) is 8.95. The Hall–Kier alpha value is -2.91. The Balaban J connectivity index is 1.27. The summed E-state index contributed by atoms with van der Waals surface area (Å²) in [6, 6.07) is 30.1. The molecule has 4 rings (SSSR count). The summed E-state index contributed by atoms with van der Waals surface area (Å²) >= 11 is 0. The molecule has 0 saturated carbocycles. The zero-order valence-corrected chi connectivity index (χ0v) is 19.0. The molecule has 1 aliphatic heterocycles. The molecule has 0 radical (unpaired) electrons. The van der Waals surface area contributed by atoms with Gasteiger partial charge in [0.2, 0.25) is 5.91 Å². The lowest BCUT2D eigenvalue weighted by Gasteiger charge is -2.33. The molecule has 166 valence electrons. The van der Waals surface area contributed by atoms with E-state index in [2.05, 4.69) is 83.9 Å². The highest BCUT2D eigenvalue weighted by atomic mass is 16.1. The van der Waals surface area contributed by atoms with Crippen LogP contribution in [-0.4, -0.2) is 36.5 Å². The molecule has 0 aromatic heterocycles. The van der Waals surface area contributed by atoms with Crippen molar-refractivity contribution in [3.63, 3.8) is 0 Å². The molecule has 3 nitrogen and oxygen atoms in total. The van der Waals surface area contributed by atoms with Crippen molar-refractivity contribution in [2.75, 3.05) is 19.6 Å². The van der Waals surface area contributed by atoms with Crippen molar-refractivity contribution in [1.29, 1.82) is 0 Å². The number of carbonyl (C=O) groups is 1. The number of amides is 1. The Morgan fingerprint density at radius 3 is 2.03 bits per heavy atom. The van der Waals surface area contributed by atoms with Crippen LogP contribution in [0.5, 0.6) is 0 Å². The minimum atomic E-state index is 0.144. The highest BCUT2D eigenvalue weighted by molar-refractivity contribution is 5.79. The van der Waals surface area contributed by atoms with Crippen molar-refractivity contribution in [3.05, 3.63) is 107 Å². The van der Waals surface area contributed by atoms with Crippen LogP contribution in [0.3, 0.4) is 0 Å². The quantitative estimate of drug-likeness (QED) is 0.527. The molecule has 1 heterocycles. The normalized spacial score (nSPS) is 15.1. The van der Waals surface area contributed by atoms with Crippen molar-refractivity contribution in [2.45, 2.75) is 44.6 Å². The van der Waals surface area contributed by atoms with E-state index >= 15 is 0 Å². The number of carbonyl (C=O) groups excluding carboxylic acids is 1. The van der Waals surface area contributed by atoms with Crippen LogP contribution in [0.2, 0.25) is 0 Å². The van der Waals surface area contributed by atoms with E-state index in [4.69, 9.17) is 0 Å². The molecule has 1 amide bonds. The molecule has 0 atom stereocenters. The van der Waals surface area contributed by atoms with Crippen molar-refractivity contribution < 1.29 is 4.79 Å². The summed E-state index contributed by atoms with van der Waals surface area (Å²) in [5, 5.41) is 3.27. The smallest absolute Gasteiger partial charge is 0.224 e. The van der Waals surface area contributed by atoms with Crippen LogP contribution < -0.4 is 5.32 Å². The van der Waals surface area contributed by atoms with Gasteiger partial charge < -0.3 is 10.2 Å². The first-order valence-corrected chi connectivity index (χ1v) is 11.8. The van der Waals surface area contributed by atoms with Gasteiger partial charge in [0.15, 0.2) is 0 Å². The second kappa shape index (κ2) is 11.1. The molecule has 1 N–H and O–H groups in total. The van der Waals surface area contributed by atoms with Gasteiger partial charge in [-0.25, -0.2) is 0 Å². The predicted octanol–water partition coefficient (Wildman–Crippen LogP) is 5.34. The number of nitrogens with zero attached hydrogens (tertiary/aromatic N) is 1. The number of hydrogen-bond donors (Lipinski definition) is 1. The van der Waals surface area contributed by atoms with Gasteiger partial charge in [0.25, 0.3) is 0 Å². The van der Waals surface area contributed by atoms with Crippen molar-refractivity contribution in [2.24, 2.45) is 0 Å². The van der Waals surface area contributed by atoms with E-state index in [0.717, 1.165) is 44.5 Å². The van der Waals surface area contributed by atoms with Gasteiger partial charge in [-0.15, -0.1) is 0 Å². The maximum atomic E-state index is 12.5. The van der Waals surface area contributed by atoms with E-state index in [1.165, 1.54) is 16.7 Å². The van der Waals surface area contributed by atoms with Crippen LogP contribution in [0.25, 0.3) is 0 Å². The number of piperidine rings is 1. The summed E-state index contributed by atoms with van der Waals surface area (Å²) in [7, 11) is 0. The highest BCUT2D eigenvalue weighted by Gasteiger charge is 2.22. The van der Waals surface area contributed by atoms with Crippen LogP contribution in [0.4, 0.5) is 0 Å². The molecule has 0 bridgehead atoms. The van der Waals surface area contributed by atoms with Crippen LogP contribution in [0.15, 0.2) is 84.9 Å². The molecular weight excluding hydrogens is 392 g/mol. The minimum absolute atomic E-state index is 0.144. The Bertz CT molecular complexity index is 939. The van der Waals surface area contributed by atoms with Gasteiger partial charge in [0, 0.05) is 25.0 Å². The first-order chi connectivity index (χ1) is 15.7. The summed E-state index contributed by atoms with van der Waals surface area (Å²) in [4.78, 5) is 15.1. The molecule has 32 heavy (non-hydrogen) atoms. The van der Waals surface area contributed by atoms with Gasteiger partial charge in [-0.1, -0.05) is 84.9 Å². The third kappa shape index (κ3) is 6.08. The molecule has 0 spiro atoms. The monoisotopic (exact) mass is 426 g/mol. The summed E-state index contributed by atoms with van der Waals surface area (Å²) in [5.74, 6) is 0.565.